The summed E-state index contributed by atoms with van der Waals surface area (Å²) in [5.41, 5.74) is 1.63. The first-order valence-electron chi connectivity index (χ1n) is 10.3. The van der Waals surface area contributed by atoms with E-state index in [2.05, 4.69) is 46.8 Å². The zero-order valence-corrected chi connectivity index (χ0v) is 20.4. The first kappa shape index (κ1) is 24.8. The first-order valence-corrected chi connectivity index (χ1v) is 13.6. The van der Waals surface area contributed by atoms with E-state index in [4.69, 9.17) is 4.74 Å². The highest BCUT2D eigenvalue weighted by Crippen LogP contribution is 2.37. The maximum absolute atomic E-state index is 11.1. The summed E-state index contributed by atoms with van der Waals surface area (Å²) in [5.74, 6) is 0.482. The van der Waals surface area contributed by atoms with E-state index in [0.717, 1.165) is 17.5 Å². The van der Waals surface area contributed by atoms with Crippen LogP contribution in [0.15, 0.2) is 54.6 Å². The topological polar surface area (TPSA) is 66.4 Å². The van der Waals surface area contributed by atoms with Crippen molar-refractivity contribution in [1.82, 2.24) is 0 Å². The van der Waals surface area contributed by atoms with Gasteiger partial charge in [0.05, 0.1) is 16.7 Å². The molecule has 0 aliphatic carbocycles. The average Bonchev–Trinajstić information content (AvgIpc) is 2.63. The molecule has 0 saturated heterocycles. The second kappa shape index (κ2) is 10.3. The van der Waals surface area contributed by atoms with Gasteiger partial charge < -0.3 is 9.29 Å². The third-order valence-corrected chi connectivity index (χ3v) is 8.49. The van der Waals surface area contributed by atoms with Crippen molar-refractivity contribution < 1.29 is 17.7 Å². The van der Waals surface area contributed by atoms with Gasteiger partial charge in [0.25, 0.3) is 0 Å². The standard InChI is InChI=1S/C24H35O4PS/c1-23(2,3)19-24(4,5)20-11-13-21(14-12-20)28-15-16-29(17-18-30(25,26)27)22-9-7-6-8-10-22/h6-14H,15-19H2,1-5H3,(H,25,26,27)/p-1. The Kier molecular flexibility index (Phi) is 8.50. The SMILES string of the molecule is CC(C)(C)CC(C)(C)c1ccc(OCCP(CCS(=O)(=O)[O-])c2ccccc2)cc1. The molecular weight excluding hydrogens is 415 g/mol. The first-order chi connectivity index (χ1) is 13.9. The highest BCUT2D eigenvalue weighted by molar-refractivity contribution is 7.86. The van der Waals surface area contributed by atoms with E-state index in [9.17, 15) is 13.0 Å². The fraction of sp³-hybridized carbons (Fsp3) is 0.500. The summed E-state index contributed by atoms with van der Waals surface area (Å²) in [5, 5.41) is 1.10. The fourth-order valence-electron chi connectivity index (χ4n) is 3.93. The van der Waals surface area contributed by atoms with E-state index in [1.165, 1.54) is 5.56 Å². The molecule has 0 fully saturated rings. The Morgan fingerprint density at radius 1 is 0.900 bits per heavy atom. The van der Waals surface area contributed by atoms with Crippen LogP contribution in [-0.2, 0) is 15.5 Å². The zero-order valence-electron chi connectivity index (χ0n) is 18.7. The van der Waals surface area contributed by atoms with Crippen LogP contribution in [-0.4, -0.2) is 37.7 Å². The average molecular weight is 450 g/mol. The monoisotopic (exact) mass is 449 g/mol. The van der Waals surface area contributed by atoms with Gasteiger partial charge in [0.2, 0.25) is 0 Å². The van der Waals surface area contributed by atoms with Crippen molar-refractivity contribution in [3.63, 3.8) is 0 Å². The summed E-state index contributed by atoms with van der Waals surface area (Å²) in [6.45, 7) is 11.8. The predicted octanol–water partition coefficient (Wildman–Crippen LogP) is 5.13. The van der Waals surface area contributed by atoms with Crippen LogP contribution in [0.2, 0.25) is 0 Å². The lowest BCUT2D eigenvalue weighted by atomic mass is 9.72. The van der Waals surface area contributed by atoms with E-state index in [1.54, 1.807) is 0 Å². The summed E-state index contributed by atoms with van der Waals surface area (Å²) < 4.78 is 39.2. The number of benzene rings is 2. The van der Waals surface area contributed by atoms with Gasteiger partial charge >= 0.3 is 0 Å². The highest BCUT2D eigenvalue weighted by atomic mass is 32.2. The van der Waals surface area contributed by atoms with E-state index >= 15 is 0 Å². The van der Waals surface area contributed by atoms with E-state index in [-0.39, 0.29) is 16.6 Å². The normalized spacial score (nSPS) is 13.8. The molecule has 2 aromatic rings. The van der Waals surface area contributed by atoms with Crippen molar-refractivity contribution in [3.8, 4) is 5.75 Å². The van der Waals surface area contributed by atoms with Crippen LogP contribution in [0.1, 0.15) is 46.6 Å². The van der Waals surface area contributed by atoms with Gasteiger partial charge in [-0.15, -0.1) is 0 Å². The number of rotatable bonds is 10. The largest absolute Gasteiger partial charge is 0.748 e. The Morgan fingerprint density at radius 3 is 2.03 bits per heavy atom. The van der Waals surface area contributed by atoms with Gasteiger partial charge in [0, 0.05) is 11.9 Å². The lowest BCUT2D eigenvalue weighted by molar-refractivity contribution is 0.283. The summed E-state index contributed by atoms with van der Waals surface area (Å²) >= 11 is 0. The van der Waals surface area contributed by atoms with Gasteiger partial charge in [-0.25, -0.2) is 8.42 Å². The second-order valence-electron chi connectivity index (χ2n) is 9.58. The molecule has 6 heteroatoms. The van der Waals surface area contributed by atoms with Gasteiger partial charge in [-0.3, -0.25) is 0 Å². The number of hydrogen-bond acceptors (Lipinski definition) is 4. The Labute approximate surface area is 183 Å². The fourth-order valence-corrected chi connectivity index (χ4v) is 7.36. The molecule has 0 heterocycles. The third-order valence-electron chi connectivity index (χ3n) is 4.97. The zero-order chi connectivity index (χ0) is 22.4. The van der Waals surface area contributed by atoms with Gasteiger partial charge in [-0.05, 0) is 46.4 Å². The van der Waals surface area contributed by atoms with E-state index in [1.807, 2.05) is 42.5 Å². The molecule has 0 aliphatic rings. The van der Waals surface area contributed by atoms with Gasteiger partial charge in [-0.2, -0.15) is 0 Å². The van der Waals surface area contributed by atoms with Crippen LogP contribution < -0.4 is 10.0 Å². The minimum absolute atomic E-state index is 0.0855. The van der Waals surface area contributed by atoms with Gasteiger partial charge in [0.1, 0.15) is 5.75 Å². The Balaban J connectivity index is 1.97. The molecule has 0 amide bonds. The van der Waals surface area contributed by atoms with Gasteiger partial charge in [0.15, 0.2) is 0 Å². The molecule has 2 rings (SSSR count). The summed E-state index contributed by atoms with van der Waals surface area (Å²) in [6, 6.07) is 18.1. The molecule has 1 atom stereocenters. The maximum atomic E-state index is 11.1. The maximum Gasteiger partial charge on any atom is 0.119 e. The molecule has 166 valence electrons. The summed E-state index contributed by atoms with van der Waals surface area (Å²) in [7, 11) is -4.97. The summed E-state index contributed by atoms with van der Waals surface area (Å²) in [4.78, 5) is 0. The molecule has 0 spiro atoms. The van der Waals surface area contributed by atoms with Crippen LogP contribution in [0.4, 0.5) is 0 Å². The molecule has 0 aromatic heterocycles. The Bertz CT molecular complexity index is 885. The molecule has 0 saturated carbocycles. The molecule has 30 heavy (non-hydrogen) atoms. The lowest BCUT2D eigenvalue weighted by Crippen LogP contribution is -2.24. The van der Waals surface area contributed by atoms with Crippen LogP contribution >= 0.6 is 7.92 Å². The quantitative estimate of drug-likeness (QED) is 0.372. The van der Waals surface area contributed by atoms with Crippen molar-refractivity contribution in [2.75, 3.05) is 24.7 Å². The Morgan fingerprint density at radius 2 is 1.50 bits per heavy atom. The smallest absolute Gasteiger partial charge is 0.119 e. The molecule has 1 unspecified atom stereocenters. The van der Waals surface area contributed by atoms with E-state index < -0.39 is 18.0 Å². The second-order valence-corrected chi connectivity index (χ2v) is 13.6. The minimum Gasteiger partial charge on any atom is -0.748 e. The molecule has 2 aromatic carbocycles. The molecule has 0 bridgehead atoms. The molecular formula is C24H34O4PS-. The number of hydrogen-bond donors (Lipinski definition) is 0. The van der Waals surface area contributed by atoms with Crippen LogP contribution in [0.25, 0.3) is 0 Å². The molecule has 0 N–H and O–H groups in total. The van der Waals surface area contributed by atoms with Crippen LogP contribution in [0.5, 0.6) is 5.75 Å². The summed E-state index contributed by atoms with van der Waals surface area (Å²) in [6.07, 6.45) is 2.17. The molecule has 4 nitrogen and oxygen atoms in total. The van der Waals surface area contributed by atoms with Crippen molar-refractivity contribution >= 4 is 23.3 Å². The van der Waals surface area contributed by atoms with Crippen molar-refractivity contribution in [2.24, 2.45) is 5.41 Å². The molecule has 0 radical (unpaired) electrons. The van der Waals surface area contributed by atoms with Crippen molar-refractivity contribution in [1.29, 1.82) is 0 Å². The van der Waals surface area contributed by atoms with Gasteiger partial charge in [-0.1, -0.05) is 85.0 Å². The van der Waals surface area contributed by atoms with Crippen LogP contribution in [0, 0.1) is 5.41 Å². The highest BCUT2D eigenvalue weighted by Gasteiger charge is 2.27. The van der Waals surface area contributed by atoms with Crippen LogP contribution in [0.3, 0.4) is 0 Å². The van der Waals surface area contributed by atoms with Crippen molar-refractivity contribution in [2.45, 2.75) is 46.5 Å². The van der Waals surface area contributed by atoms with Crippen molar-refractivity contribution in [3.05, 3.63) is 60.2 Å². The lowest BCUT2D eigenvalue weighted by Gasteiger charge is -2.33. The van der Waals surface area contributed by atoms with E-state index in [0.29, 0.717) is 18.9 Å². The third kappa shape index (κ3) is 8.75. The number of ether oxygens (including phenoxy) is 1. The minimum atomic E-state index is -4.21. The predicted molar refractivity (Wildman–Crippen MR) is 126 cm³/mol. The molecule has 0 aliphatic heterocycles. The Hall–Kier alpha value is -1.42.